The first-order valence-electron chi connectivity index (χ1n) is 4.79. The second-order valence-corrected chi connectivity index (χ2v) is 4.88. The quantitative estimate of drug-likeness (QED) is 0.367. The van der Waals surface area contributed by atoms with Crippen LogP contribution in [0.3, 0.4) is 0 Å². The van der Waals surface area contributed by atoms with Gasteiger partial charge < -0.3 is 4.98 Å². The number of aliphatic imine (C=N–C) groups is 1. The molecule has 2 rings (SSSR count). The van der Waals surface area contributed by atoms with Gasteiger partial charge in [-0.2, -0.15) is 5.26 Å². The molecule has 1 aromatic heterocycles. The molecule has 0 radical (unpaired) electrons. The van der Waals surface area contributed by atoms with E-state index in [4.69, 9.17) is 5.26 Å². The van der Waals surface area contributed by atoms with Crippen LogP contribution in [0.25, 0.3) is 10.9 Å². The van der Waals surface area contributed by atoms with Gasteiger partial charge in [-0.15, -0.1) is 0 Å². The number of nitrogens with zero attached hydrogens (tertiary/aromatic N) is 2. The Morgan fingerprint density at radius 3 is 3.12 bits per heavy atom. The minimum Gasteiger partial charge on any atom is -0.360 e. The van der Waals surface area contributed by atoms with Crippen molar-refractivity contribution in [2.75, 3.05) is 6.26 Å². The number of rotatable bonds is 1. The van der Waals surface area contributed by atoms with E-state index in [1.54, 1.807) is 0 Å². The first-order valence-corrected chi connectivity index (χ1v) is 6.81. The number of hydrogen-bond donors (Lipinski definition) is 2. The van der Waals surface area contributed by atoms with Gasteiger partial charge in [0.05, 0.1) is 11.2 Å². The molecule has 0 saturated heterocycles. The number of aromatic amines is 1. The van der Waals surface area contributed by atoms with Crippen molar-refractivity contribution in [3.63, 3.8) is 0 Å². The highest BCUT2D eigenvalue weighted by molar-refractivity contribution is 9.10. The van der Waals surface area contributed by atoms with E-state index in [-0.39, 0.29) is 0 Å². The second kappa shape index (κ2) is 5.25. The lowest BCUT2D eigenvalue weighted by Crippen LogP contribution is -2.12. The molecule has 0 bridgehead atoms. The highest BCUT2D eigenvalue weighted by atomic mass is 79.9. The maximum atomic E-state index is 8.57. The van der Waals surface area contributed by atoms with Crippen LogP contribution in [-0.4, -0.2) is 16.4 Å². The summed E-state index contributed by atoms with van der Waals surface area (Å²) in [6, 6.07) is 5.86. The number of halogens is 1. The summed E-state index contributed by atoms with van der Waals surface area (Å²) in [7, 11) is 0. The molecule has 0 saturated carbocycles. The molecule has 2 N–H and O–H groups in total. The Morgan fingerprint density at radius 1 is 1.59 bits per heavy atom. The molecule has 0 aliphatic heterocycles. The molecule has 0 spiro atoms. The van der Waals surface area contributed by atoms with Crippen LogP contribution in [0.1, 0.15) is 0 Å². The fraction of sp³-hybridized carbons (Fsp3) is 0.0909. The summed E-state index contributed by atoms with van der Waals surface area (Å²) < 4.78 is 0.955. The number of nitriles is 1. The summed E-state index contributed by atoms with van der Waals surface area (Å²) in [5.41, 5.74) is 1.85. The Labute approximate surface area is 111 Å². The number of fused-ring (bicyclic) bond motifs is 1. The Bertz CT molecular complexity index is 611. The highest BCUT2D eigenvalue weighted by Crippen LogP contribution is 2.29. The summed E-state index contributed by atoms with van der Waals surface area (Å²) >= 11 is 4.88. The van der Waals surface area contributed by atoms with Crippen LogP contribution in [0.4, 0.5) is 5.69 Å². The summed E-state index contributed by atoms with van der Waals surface area (Å²) in [4.78, 5) is 7.50. The summed E-state index contributed by atoms with van der Waals surface area (Å²) in [6.07, 6.45) is 5.62. The number of thioether (sulfide) groups is 1. The normalized spacial score (nSPS) is 11.5. The number of H-pyrrole nitrogens is 1. The van der Waals surface area contributed by atoms with E-state index in [0.717, 1.165) is 21.1 Å². The van der Waals surface area contributed by atoms with Crippen molar-refractivity contribution in [2.24, 2.45) is 4.99 Å². The standard InChI is InChI=1S/C11H9BrN4S/c1-17-11(15-6-13)16-8-4-7-2-3-14-10(7)9(12)5-8/h2-5,14H,1H3,(H,15,16). The molecule has 0 amide bonds. The molecule has 0 fully saturated rings. The third-order valence-corrected chi connectivity index (χ3v) is 3.39. The van der Waals surface area contributed by atoms with Crippen LogP contribution in [0, 0.1) is 11.5 Å². The van der Waals surface area contributed by atoms with Gasteiger partial charge in [-0.1, -0.05) is 11.8 Å². The van der Waals surface area contributed by atoms with Gasteiger partial charge in [0, 0.05) is 16.1 Å². The van der Waals surface area contributed by atoms with E-state index < -0.39 is 0 Å². The number of nitrogens with one attached hydrogen (secondary N) is 2. The zero-order valence-corrected chi connectivity index (χ0v) is 11.4. The number of hydrogen-bond acceptors (Lipinski definition) is 3. The number of amidine groups is 1. The molecule has 6 heteroatoms. The Balaban J connectivity index is 2.45. The molecule has 2 aromatic rings. The molecular weight excluding hydrogens is 300 g/mol. The smallest absolute Gasteiger partial charge is 0.183 e. The van der Waals surface area contributed by atoms with Crippen molar-refractivity contribution in [3.05, 3.63) is 28.9 Å². The van der Waals surface area contributed by atoms with E-state index in [2.05, 4.69) is 31.2 Å². The topological polar surface area (TPSA) is 64.0 Å². The summed E-state index contributed by atoms with van der Waals surface area (Å²) in [6.45, 7) is 0. The van der Waals surface area contributed by atoms with E-state index in [0.29, 0.717) is 5.17 Å². The van der Waals surface area contributed by atoms with Gasteiger partial charge in [0.25, 0.3) is 0 Å². The molecular formula is C11H9BrN4S. The van der Waals surface area contributed by atoms with Crippen molar-refractivity contribution in [1.82, 2.24) is 10.3 Å². The minimum atomic E-state index is 0.578. The minimum absolute atomic E-state index is 0.578. The molecule has 17 heavy (non-hydrogen) atoms. The molecule has 86 valence electrons. The molecule has 4 nitrogen and oxygen atoms in total. The average molecular weight is 309 g/mol. The SMILES string of the molecule is CSC(=Nc1cc(Br)c2[nH]ccc2c1)NC#N. The average Bonchev–Trinajstić information content (AvgIpc) is 2.77. The molecule has 1 aromatic carbocycles. The van der Waals surface area contributed by atoms with Gasteiger partial charge in [0.2, 0.25) is 0 Å². The van der Waals surface area contributed by atoms with Crippen LogP contribution < -0.4 is 5.32 Å². The fourth-order valence-corrected chi connectivity index (χ4v) is 2.39. The Kier molecular flexibility index (Phi) is 3.71. The Morgan fingerprint density at radius 2 is 2.41 bits per heavy atom. The molecule has 0 aliphatic carbocycles. The van der Waals surface area contributed by atoms with Crippen molar-refractivity contribution >= 4 is 49.4 Å². The third-order valence-electron chi connectivity index (χ3n) is 2.18. The lowest BCUT2D eigenvalue weighted by Gasteiger charge is -2.01. The van der Waals surface area contributed by atoms with Crippen molar-refractivity contribution < 1.29 is 0 Å². The largest absolute Gasteiger partial charge is 0.360 e. The monoisotopic (exact) mass is 308 g/mol. The van der Waals surface area contributed by atoms with E-state index >= 15 is 0 Å². The number of aromatic nitrogens is 1. The van der Waals surface area contributed by atoms with E-state index in [1.165, 1.54) is 11.8 Å². The van der Waals surface area contributed by atoms with Gasteiger partial charge in [-0.05, 0) is 40.4 Å². The second-order valence-electron chi connectivity index (χ2n) is 3.23. The number of benzene rings is 1. The fourth-order valence-electron chi connectivity index (χ4n) is 1.47. The van der Waals surface area contributed by atoms with Crippen LogP contribution >= 0.6 is 27.7 Å². The molecule has 1 heterocycles. The summed E-state index contributed by atoms with van der Waals surface area (Å²) in [5.74, 6) is 0. The molecule has 0 atom stereocenters. The van der Waals surface area contributed by atoms with Gasteiger partial charge in [-0.3, -0.25) is 5.32 Å². The van der Waals surface area contributed by atoms with Crippen LogP contribution in [0.2, 0.25) is 0 Å². The first kappa shape index (κ1) is 12.0. The van der Waals surface area contributed by atoms with Crippen molar-refractivity contribution in [3.8, 4) is 6.19 Å². The Hall–Kier alpha value is -1.45. The predicted molar refractivity (Wildman–Crippen MR) is 75.4 cm³/mol. The molecule has 0 unspecified atom stereocenters. The maximum Gasteiger partial charge on any atom is 0.183 e. The molecule has 0 aliphatic rings. The zero-order chi connectivity index (χ0) is 12.3. The van der Waals surface area contributed by atoms with Gasteiger partial charge >= 0.3 is 0 Å². The summed E-state index contributed by atoms with van der Waals surface area (Å²) in [5, 5.41) is 12.8. The van der Waals surface area contributed by atoms with Gasteiger partial charge in [0.1, 0.15) is 0 Å². The van der Waals surface area contributed by atoms with Gasteiger partial charge in [0.15, 0.2) is 11.4 Å². The lowest BCUT2D eigenvalue weighted by atomic mass is 10.2. The van der Waals surface area contributed by atoms with Crippen LogP contribution in [0.15, 0.2) is 33.9 Å². The van der Waals surface area contributed by atoms with E-state index in [1.807, 2.05) is 36.8 Å². The maximum absolute atomic E-state index is 8.57. The van der Waals surface area contributed by atoms with Crippen LogP contribution in [-0.2, 0) is 0 Å². The third kappa shape index (κ3) is 2.62. The van der Waals surface area contributed by atoms with Crippen LogP contribution in [0.5, 0.6) is 0 Å². The van der Waals surface area contributed by atoms with E-state index in [9.17, 15) is 0 Å². The van der Waals surface area contributed by atoms with Crippen molar-refractivity contribution in [1.29, 1.82) is 5.26 Å². The zero-order valence-electron chi connectivity index (χ0n) is 8.99. The predicted octanol–water partition coefficient (Wildman–Crippen LogP) is 3.35. The lowest BCUT2D eigenvalue weighted by molar-refractivity contribution is 1.28. The van der Waals surface area contributed by atoms with Gasteiger partial charge in [-0.25, -0.2) is 4.99 Å². The van der Waals surface area contributed by atoms with Crippen molar-refractivity contribution in [2.45, 2.75) is 0 Å². The first-order chi connectivity index (χ1) is 8.24. The highest BCUT2D eigenvalue weighted by Gasteiger charge is 2.03.